The van der Waals surface area contributed by atoms with E-state index in [1.807, 2.05) is 26.8 Å². The number of pyridine rings is 1. The molecule has 0 bridgehead atoms. The zero-order chi connectivity index (χ0) is 20.3. The Kier molecular flexibility index (Phi) is 5.96. The number of carbonyl (C=O) groups is 2. The minimum Gasteiger partial charge on any atom is -0.465 e. The van der Waals surface area contributed by atoms with Gasteiger partial charge in [-0.25, -0.2) is 14.6 Å². The molecule has 28 heavy (non-hydrogen) atoms. The van der Waals surface area contributed by atoms with Crippen LogP contribution in [-0.4, -0.2) is 53.6 Å². The molecular formula is C20H30N4O4. The number of alkyl carbamates (subject to hydrolysis) is 1. The van der Waals surface area contributed by atoms with E-state index in [4.69, 9.17) is 4.74 Å². The van der Waals surface area contributed by atoms with Gasteiger partial charge in [0.15, 0.2) is 0 Å². The topological polar surface area (TPSA) is 95.0 Å². The highest BCUT2D eigenvalue weighted by Gasteiger charge is 2.29. The van der Waals surface area contributed by atoms with Gasteiger partial charge in [-0.1, -0.05) is 0 Å². The number of carboxylic acid groups (broad SMARTS) is 1. The number of nitrogens with zero attached hydrogens (tertiary/aromatic N) is 3. The number of rotatable bonds is 5. The van der Waals surface area contributed by atoms with Gasteiger partial charge in [-0.15, -0.1) is 0 Å². The van der Waals surface area contributed by atoms with E-state index in [-0.39, 0.29) is 6.04 Å². The molecule has 2 amide bonds. The maximum Gasteiger partial charge on any atom is 0.413 e. The first-order chi connectivity index (χ1) is 13.2. The maximum atomic E-state index is 12.0. The summed E-state index contributed by atoms with van der Waals surface area (Å²) >= 11 is 0. The van der Waals surface area contributed by atoms with Crippen LogP contribution in [0.4, 0.5) is 21.1 Å². The van der Waals surface area contributed by atoms with E-state index in [1.165, 1.54) is 4.90 Å². The molecule has 154 valence electrons. The summed E-state index contributed by atoms with van der Waals surface area (Å²) < 4.78 is 5.34. The Morgan fingerprint density at radius 3 is 2.64 bits per heavy atom. The predicted octanol–water partition coefficient (Wildman–Crippen LogP) is 3.47. The van der Waals surface area contributed by atoms with Gasteiger partial charge in [-0.05, 0) is 64.5 Å². The van der Waals surface area contributed by atoms with Crippen molar-refractivity contribution in [2.75, 3.05) is 29.4 Å². The van der Waals surface area contributed by atoms with Crippen molar-refractivity contribution in [2.45, 2.75) is 58.1 Å². The number of aromatic nitrogens is 1. The zero-order valence-electron chi connectivity index (χ0n) is 16.9. The number of amides is 2. The molecule has 8 heteroatoms. The van der Waals surface area contributed by atoms with Crippen LogP contribution >= 0.6 is 0 Å². The fourth-order valence-corrected chi connectivity index (χ4v) is 3.36. The molecule has 1 unspecified atom stereocenters. The van der Waals surface area contributed by atoms with E-state index >= 15 is 0 Å². The van der Waals surface area contributed by atoms with Crippen LogP contribution in [0.3, 0.4) is 0 Å². The first-order valence-corrected chi connectivity index (χ1v) is 9.92. The van der Waals surface area contributed by atoms with Crippen LogP contribution in [0.25, 0.3) is 0 Å². The first kappa shape index (κ1) is 20.2. The van der Waals surface area contributed by atoms with Crippen molar-refractivity contribution in [3.8, 4) is 0 Å². The molecular weight excluding hydrogens is 360 g/mol. The lowest BCUT2D eigenvalue weighted by Crippen LogP contribution is -2.49. The highest BCUT2D eigenvalue weighted by molar-refractivity contribution is 5.84. The largest absolute Gasteiger partial charge is 0.465 e. The third-order valence-electron chi connectivity index (χ3n) is 4.88. The van der Waals surface area contributed by atoms with Crippen molar-refractivity contribution in [1.29, 1.82) is 0 Å². The number of ether oxygens (including phenoxy) is 1. The summed E-state index contributed by atoms with van der Waals surface area (Å²) in [6, 6.07) is 3.67. The minimum atomic E-state index is -0.966. The lowest BCUT2D eigenvalue weighted by Gasteiger charge is -2.35. The molecule has 1 aromatic heterocycles. The van der Waals surface area contributed by atoms with Crippen LogP contribution < -0.4 is 15.1 Å². The predicted molar refractivity (Wildman–Crippen MR) is 107 cm³/mol. The number of carbonyl (C=O) groups excluding carboxylic acids is 1. The first-order valence-electron chi connectivity index (χ1n) is 9.92. The van der Waals surface area contributed by atoms with Crippen molar-refractivity contribution >= 4 is 23.7 Å². The van der Waals surface area contributed by atoms with Crippen molar-refractivity contribution in [3.63, 3.8) is 0 Å². The smallest absolute Gasteiger partial charge is 0.413 e. The molecule has 2 heterocycles. The Balaban J connectivity index is 1.59. The van der Waals surface area contributed by atoms with Crippen molar-refractivity contribution in [1.82, 2.24) is 10.3 Å². The van der Waals surface area contributed by atoms with Gasteiger partial charge in [0.05, 0.1) is 11.9 Å². The maximum absolute atomic E-state index is 12.0. The summed E-state index contributed by atoms with van der Waals surface area (Å²) in [6.07, 6.45) is 4.37. The van der Waals surface area contributed by atoms with E-state index < -0.39 is 17.8 Å². The van der Waals surface area contributed by atoms with Crippen molar-refractivity contribution < 1.29 is 19.4 Å². The third kappa shape index (κ3) is 5.74. The van der Waals surface area contributed by atoms with E-state index in [1.54, 1.807) is 12.3 Å². The Bertz CT molecular complexity index is 697. The number of hydrogen-bond acceptors (Lipinski definition) is 5. The molecule has 2 aliphatic rings. The quantitative estimate of drug-likeness (QED) is 0.799. The van der Waals surface area contributed by atoms with Gasteiger partial charge in [0.1, 0.15) is 11.4 Å². The second kappa shape index (κ2) is 8.24. The van der Waals surface area contributed by atoms with Crippen LogP contribution in [0.2, 0.25) is 0 Å². The molecule has 0 aromatic carbocycles. The average Bonchev–Trinajstić information content (AvgIpc) is 3.42. The van der Waals surface area contributed by atoms with Crippen LogP contribution in [0.15, 0.2) is 18.3 Å². The zero-order valence-corrected chi connectivity index (χ0v) is 16.9. The fraction of sp³-hybridized carbons (Fsp3) is 0.650. The molecule has 1 aromatic rings. The highest BCUT2D eigenvalue weighted by atomic mass is 16.6. The summed E-state index contributed by atoms with van der Waals surface area (Å²) in [4.78, 5) is 31.4. The number of piperidine rings is 1. The monoisotopic (exact) mass is 390 g/mol. The lowest BCUT2D eigenvalue weighted by molar-refractivity contribution is 0.0500. The Morgan fingerprint density at radius 1 is 1.32 bits per heavy atom. The molecule has 1 atom stereocenters. The molecule has 2 fully saturated rings. The standard InChI is InChI=1S/C20H30N4O4/c1-20(2,3)28-18(25)22-15-5-4-10-23(13-15)16-8-9-17(21-11-16)24(19(26)27)12-14-6-7-14/h8-9,11,14-15H,4-7,10,12-13H2,1-3H3,(H,22,25)(H,26,27). The number of anilines is 2. The van der Waals surface area contributed by atoms with Crippen LogP contribution in [0, 0.1) is 5.92 Å². The molecule has 3 rings (SSSR count). The van der Waals surface area contributed by atoms with Crippen molar-refractivity contribution in [2.24, 2.45) is 5.92 Å². The van der Waals surface area contributed by atoms with E-state index in [9.17, 15) is 14.7 Å². The van der Waals surface area contributed by atoms with E-state index in [2.05, 4.69) is 15.2 Å². The number of nitrogens with one attached hydrogen (secondary N) is 1. The molecule has 1 saturated heterocycles. The van der Waals surface area contributed by atoms with Gasteiger partial charge >= 0.3 is 12.2 Å². The van der Waals surface area contributed by atoms with E-state index in [0.717, 1.165) is 37.9 Å². The second-order valence-electron chi connectivity index (χ2n) is 8.64. The molecule has 8 nitrogen and oxygen atoms in total. The third-order valence-corrected chi connectivity index (χ3v) is 4.88. The van der Waals surface area contributed by atoms with Gasteiger partial charge in [0.2, 0.25) is 0 Å². The normalized spacial score (nSPS) is 19.8. The highest BCUT2D eigenvalue weighted by Crippen LogP contribution is 2.31. The van der Waals surface area contributed by atoms with Crippen LogP contribution in [-0.2, 0) is 4.74 Å². The Labute approximate surface area is 165 Å². The molecule has 1 aliphatic heterocycles. The van der Waals surface area contributed by atoms with Gasteiger partial charge in [0, 0.05) is 25.7 Å². The summed E-state index contributed by atoms with van der Waals surface area (Å²) in [5, 5.41) is 12.4. The van der Waals surface area contributed by atoms with Gasteiger partial charge in [-0.3, -0.25) is 4.90 Å². The van der Waals surface area contributed by atoms with E-state index in [0.29, 0.717) is 24.8 Å². The van der Waals surface area contributed by atoms with Gasteiger partial charge < -0.3 is 20.1 Å². The van der Waals surface area contributed by atoms with Crippen LogP contribution in [0.1, 0.15) is 46.5 Å². The van der Waals surface area contributed by atoms with Crippen molar-refractivity contribution in [3.05, 3.63) is 18.3 Å². The number of hydrogen-bond donors (Lipinski definition) is 2. The summed E-state index contributed by atoms with van der Waals surface area (Å²) in [5.41, 5.74) is 0.408. The van der Waals surface area contributed by atoms with Gasteiger partial charge in [-0.2, -0.15) is 0 Å². The summed E-state index contributed by atoms with van der Waals surface area (Å²) in [7, 11) is 0. The molecule has 0 radical (unpaired) electrons. The summed E-state index contributed by atoms with van der Waals surface area (Å²) in [6.45, 7) is 7.58. The Hall–Kier alpha value is -2.51. The fourth-order valence-electron chi connectivity index (χ4n) is 3.36. The second-order valence-corrected chi connectivity index (χ2v) is 8.64. The molecule has 1 saturated carbocycles. The van der Waals surface area contributed by atoms with Crippen LogP contribution in [0.5, 0.6) is 0 Å². The minimum absolute atomic E-state index is 0.00802. The summed E-state index contributed by atoms with van der Waals surface area (Å²) in [5.74, 6) is 0.919. The molecule has 0 spiro atoms. The molecule has 1 aliphatic carbocycles. The average molecular weight is 390 g/mol. The lowest BCUT2D eigenvalue weighted by atomic mass is 10.1. The SMILES string of the molecule is CC(C)(C)OC(=O)NC1CCCN(c2ccc(N(CC3CC3)C(=O)O)nc2)C1. The van der Waals surface area contributed by atoms with Gasteiger partial charge in [0.25, 0.3) is 0 Å². The molecule has 2 N–H and O–H groups in total. The Morgan fingerprint density at radius 2 is 2.07 bits per heavy atom.